The van der Waals surface area contributed by atoms with Gasteiger partial charge in [0, 0.05) is 6.04 Å². The van der Waals surface area contributed by atoms with E-state index in [9.17, 15) is 95.9 Å². The van der Waals surface area contributed by atoms with Crippen LogP contribution in [0.1, 0.15) is 187 Å². The van der Waals surface area contributed by atoms with Gasteiger partial charge in [0.15, 0.2) is 0 Å². The normalized spacial score (nSPS) is 13.9. The van der Waals surface area contributed by atoms with Crippen LogP contribution in [0.3, 0.4) is 0 Å². The molecule has 92 heavy (non-hydrogen) atoms. The number of hydrogen-bond acceptors (Lipinski definition) is 5. The Kier molecular flexibility index (Phi) is 36.3. The van der Waals surface area contributed by atoms with Crippen LogP contribution in [0.5, 0.6) is 0 Å². The number of alkyl halides is 18. The number of halogens is 18. The van der Waals surface area contributed by atoms with Crippen LogP contribution >= 0.6 is 27.7 Å². The molecule has 4 aromatic carbocycles. The van der Waals surface area contributed by atoms with Gasteiger partial charge in [-0.3, -0.25) is 9.11 Å². The summed E-state index contributed by atoms with van der Waals surface area (Å²) in [5, 5.41) is -9.62. The van der Waals surface area contributed by atoms with Crippen LogP contribution in [0.4, 0.5) is 79.0 Å². The van der Waals surface area contributed by atoms with Crippen LogP contribution in [0.15, 0.2) is 66.7 Å². The molecule has 4 unspecified atom stereocenters. The first kappa shape index (κ1) is 88.4. The highest BCUT2D eigenvalue weighted by molar-refractivity contribution is 7.87. The predicted molar refractivity (Wildman–Crippen MR) is 341 cm³/mol. The third-order valence-corrected chi connectivity index (χ3v) is 17.7. The molecule has 0 bridgehead atoms. The molecule has 0 aliphatic heterocycles. The Labute approximate surface area is 536 Å². The molecule has 0 saturated carbocycles. The molecular formula is C62H86F18NO6P3S2. The molecule has 528 valence electrons. The monoisotopic (exact) mass is 1440 g/mol. The SMILES string of the molecule is CCCc1cc(CCC)c(P)c(CCC)c1.CCCc1cc(CCC)c(P)c(CCC)c1.CCCc1cc(CCC)c(P)c(CCC)c1.NC1C=Cc2ccccc21.O=S(=O)(O)C(F)(F)C(F)(F)C(F)(F)C(F)(F)F.O=S(=O)(O)C(F)(F)C(F)(F)C(F)(F)C(F)(F)F. The molecule has 0 spiro atoms. The third kappa shape index (κ3) is 23.6. The fraction of sp³-hybridized carbons (Fsp3) is 0.581. The zero-order valence-corrected chi connectivity index (χ0v) is 57.8. The lowest BCUT2D eigenvalue weighted by Crippen LogP contribution is -2.63. The Hall–Kier alpha value is -3.57. The van der Waals surface area contributed by atoms with Crippen LogP contribution in [0, 0.1) is 0 Å². The second kappa shape index (κ2) is 37.8. The molecule has 1 aliphatic carbocycles. The molecule has 5 rings (SSSR count). The first-order valence-corrected chi connectivity index (χ1v) is 34.2. The van der Waals surface area contributed by atoms with E-state index in [2.05, 4.69) is 145 Å². The summed E-state index contributed by atoms with van der Waals surface area (Å²) in [5.41, 5.74) is 22.1. The van der Waals surface area contributed by atoms with Gasteiger partial charge in [-0.25, -0.2) is 0 Å². The lowest BCUT2D eigenvalue weighted by Gasteiger charge is -2.31. The Morgan fingerprint density at radius 3 is 0.783 bits per heavy atom. The molecule has 4 N–H and O–H groups in total. The van der Waals surface area contributed by atoms with Crippen molar-refractivity contribution in [2.75, 3.05) is 0 Å². The maximum atomic E-state index is 12.2. The van der Waals surface area contributed by atoms with Gasteiger partial charge in [0.2, 0.25) is 0 Å². The van der Waals surface area contributed by atoms with Gasteiger partial charge in [-0.2, -0.15) is 95.9 Å². The first-order chi connectivity index (χ1) is 42.0. The second-order valence-corrected chi connectivity index (χ2v) is 26.2. The number of nitrogens with two attached hydrogens (primary N) is 1. The largest absolute Gasteiger partial charge is 0.460 e. The van der Waals surface area contributed by atoms with E-state index in [1.54, 1.807) is 33.4 Å². The zero-order valence-electron chi connectivity index (χ0n) is 52.7. The number of aryl methyl sites for hydroxylation is 9. The van der Waals surface area contributed by atoms with Crippen LogP contribution in [-0.2, 0) is 78.0 Å². The summed E-state index contributed by atoms with van der Waals surface area (Å²) in [7, 11) is -5.48. The van der Waals surface area contributed by atoms with Gasteiger partial charge in [0.05, 0.1) is 0 Å². The van der Waals surface area contributed by atoms with Crippen molar-refractivity contribution >= 4 is 69.9 Å². The molecule has 0 heterocycles. The Bertz CT molecular complexity index is 2860. The van der Waals surface area contributed by atoms with Crippen molar-refractivity contribution in [3.8, 4) is 0 Å². The van der Waals surface area contributed by atoms with E-state index in [4.69, 9.17) is 14.8 Å². The number of rotatable bonds is 24. The number of fused-ring (bicyclic) bond motifs is 1. The maximum absolute atomic E-state index is 12.2. The first-order valence-electron chi connectivity index (χ1n) is 29.6. The summed E-state index contributed by atoms with van der Waals surface area (Å²) >= 11 is 0. The van der Waals surface area contributed by atoms with E-state index in [1.807, 2.05) is 18.2 Å². The van der Waals surface area contributed by atoms with Crippen molar-refractivity contribution in [3.63, 3.8) is 0 Å². The van der Waals surface area contributed by atoms with Gasteiger partial charge < -0.3 is 5.73 Å². The van der Waals surface area contributed by atoms with E-state index in [1.165, 1.54) is 159 Å². The van der Waals surface area contributed by atoms with Crippen molar-refractivity contribution in [2.24, 2.45) is 5.73 Å². The molecule has 0 aromatic heterocycles. The molecule has 0 fully saturated rings. The minimum atomic E-state index is -7.37. The van der Waals surface area contributed by atoms with E-state index < -0.39 is 66.8 Å². The highest BCUT2D eigenvalue weighted by Crippen LogP contribution is 2.56. The summed E-state index contributed by atoms with van der Waals surface area (Å²) in [5.74, 6) is -29.4. The van der Waals surface area contributed by atoms with Gasteiger partial charge in [-0.05, 0) is 135 Å². The van der Waals surface area contributed by atoms with Crippen LogP contribution in [0.2, 0.25) is 0 Å². The minimum absolute atomic E-state index is 0.121. The Balaban J connectivity index is 0.00000109. The summed E-state index contributed by atoms with van der Waals surface area (Å²) in [6.07, 6.45) is 11.9. The third-order valence-electron chi connectivity index (χ3n) is 13.7. The molecular weight excluding hydrogens is 1350 g/mol. The van der Waals surface area contributed by atoms with E-state index in [0.717, 1.165) is 0 Å². The molecule has 0 amide bonds. The van der Waals surface area contributed by atoms with Crippen LogP contribution in [-0.4, -0.2) is 72.5 Å². The van der Waals surface area contributed by atoms with Crippen molar-refractivity contribution in [1.29, 1.82) is 0 Å². The summed E-state index contributed by atoms with van der Waals surface area (Å²) in [4.78, 5) is 0. The number of hydrogen-bond donors (Lipinski definition) is 3. The van der Waals surface area contributed by atoms with Crippen molar-refractivity contribution < 1.29 is 105 Å². The highest BCUT2D eigenvalue weighted by atomic mass is 32.2. The predicted octanol–water partition coefficient (Wildman–Crippen LogP) is 18.4. The van der Waals surface area contributed by atoms with Crippen molar-refractivity contribution in [1.82, 2.24) is 0 Å². The summed E-state index contributed by atoms with van der Waals surface area (Å²) in [6.45, 7) is 20.3. The number of benzene rings is 4. The van der Waals surface area contributed by atoms with Crippen molar-refractivity contribution in [2.45, 2.75) is 230 Å². The molecule has 30 heteroatoms. The lowest BCUT2D eigenvalue weighted by atomic mass is 9.97. The Morgan fingerprint density at radius 1 is 0.380 bits per heavy atom. The standard InChI is InChI=1S/3C15H25P.C9H9N.2C4HF9O3S/c3*1-4-7-12-10-13(8-5-2)15(16)14(11-12)9-6-3;10-9-6-5-7-3-1-2-4-8(7)9;2*5-1(6,3(9,10)11)2(7,8)4(12,13)17(14,15)16/h3*10-11H,4-9,16H2,1-3H3;1-6,9H,10H2;2*(H,14,15,16). The topological polar surface area (TPSA) is 135 Å². The van der Waals surface area contributed by atoms with Gasteiger partial charge in [-0.1, -0.05) is 193 Å². The van der Waals surface area contributed by atoms with Crippen LogP contribution in [0.25, 0.3) is 6.08 Å². The average molecular weight is 1440 g/mol. The lowest BCUT2D eigenvalue weighted by molar-refractivity contribution is -0.382. The van der Waals surface area contributed by atoms with E-state index >= 15 is 0 Å². The molecule has 4 aromatic rings. The van der Waals surface area contributed by atoms with Gasteiger partial charge >= 0.3 is 66.8 Å². The molecule has 1 aliphatic rings. The minimum Gasteiger partial charge on any atom is -0.321 e. The smallest absolute Gasteiger partial charge is 0.321 e. The molecule has 0 radical (unpaired) electrons. The quantitative estimate of drug-likeness (QED) is 0.0361. The maximum Gasteiger partial charge on any atom is 0.460 e. The zero-order chi connectivity index (χ0) is 71.9. The molecule has 4 atom stereocenters. The highest BCUT2D eigenvalue weighted by Gasteiger charge is 2.86. The second-order valence-electron chi connectivity index (χ2n) is 21.5. The Morgan fingerprint density at radius 2 is 0.598 bits per heavy atom. The summed E-state index contributed by atoms with van der Waals surface area (Å²) in [6, 6.07) is 22.8. The average Bonchev–Trinajstić information content (AvgIpc) is 0.840. The van der Waals surface area contributed by atoms with E-state index in [0.29, 0.717) is 0 Å². The van der Waals surface area contributed by atoms with Crippen molar-refractivity contribution in [3.05, 3.63) is 128 Å². The van der Waals surface area contributed by atoms with Gasteiger partial charge in [-0.15, -0.1) is 27.7 Å². The fourth-order valence-electron chi connectivity index (χ4n) is 9.03. The van der Waals surface area contributed by atoms with Crippen LogP contribution < -0.4 is 21.6 Å². The van der Waals surface area contributed by atoms with E-state index in [-0.39, 0.29) is 6.04 Å². The van der Waals surface area contributed by atoms with Gasteiger partial charge in [0.25, 0.3) is 0 Å². The fourth-order valence-corrected chi connectivity index (χ4v) is 11.3. The van der Waals surface area contributed by atoms with Gasteiger partial charge in [0.1, 0.15) is 0 Å². The molecule has 7 nitrogen and oxygen atoms in total. The summed E-state index contributed by atoms with van der Waals surface area (Å²) < 4.78 is 268. The molecule has 0 saturated heterocycles.